The van der Waals surface area contributed by atoms with Crippen molar-refractivity contribution in [3.05, 3.63) is 35.7 Å². The van der Waals surface area contributed by atoms with Crippen molar-refractivity contribution in [2.75, 3.05) is 11.1 Å². The Labute approximate surface area is 127 Å². The minimum Gasteiger partial charge on any atom is -0.414 e. The molecule has 0 saturated carbocycles. The number of rotatable bonds is 6. The largest absolute Gasteiger partial charge is 0.414 e. The van der Waals surface area contributed by atoms with Gasteiger partial charge in [0.2, 0.25) is 11.8 Å². The molecule has 1 aromatic heterocycles. The summed E-state index contributed by atoms with van der Waals surface area (Å²) in [6.07, 6.45) is 0.866. The van der Waals surface area contributed by atoms with E-state index in [9.17, 15) is 4.79 Å². The topological polar surface area (TPSA) is 94.0 Å². The van der Waals surface area contributed by atoms with Gasteiger partial charge in [0.05, 0.1) is 11.8 Å². The van der Waals surface area contributed by atoms with Crippen LogP contribution >= 0.6 is 11.8 Å². The number of nitrogens with two attached hydrogens (primary N) is 1. The van der Waals surface area contributed by atoms with Gasteiger partial charge in [0, 0.05) is 5.69 Å². The lowest BCUT2D eigenvalue weighted by molar-refractivity contribution is -0.113. The Morgan fingerprint density at radius 3 is 2.86 bits per heavy atom. The molecule has 0 fully saturated rings. The molecule has 1 unspecified atom stereocenters. The lowest BCUT2D eigenvalue weighted by atomic mass is 10.1. The summed E-state index contributed by atoms with van der Waals surface area (Å²) in [5.74, 6) is 0.467. The van der Waals surface area contributed by atoms with Gasteiger partial charge in [-0.3, -0.25) is 4.79 Å². The van der Waals surface area contributed by atoms with Gasteiger partial charge in [0.15, 0.2) is 0 Å². The first-order valence-corrected chi connectivity index (χ1v) is 7.68. The number of thioether (sulfide) groups is 1. The maximum absolute atomic E-state index is 11.9. The van der Waals surface area contributed by atoms with E-state index in [1.165, 1.54) is 11.8 Å². The summed E-state index contributed by atoms with van der Waals surface area (Å²) in [6.45, 7) is 3.81. The fourth-order valence-electron chi connectivity index (χ4n) is 1.73. The number of nitrogens with zero attached hydrogens (tertiary/aromatic N) is 2. The number of amides is 1. The number of carbonyl (C=O) groups excluding carboxylic acids is 1. The first-order chi connectivity index (χ1) is 10.1. The number of carbonyl (C=O) groups is 1. The monoisotopic (exact) mass is 306 g/mol. The lowest BCUT2D eigenvalue weighted by Crippen LogP contribution is -2.15. The van der Waals surface area contributed by atoms with E-state index < -0.39 is 0 Å². The van der Waals surface area contributed by atoms with E-state index in [1.54, 1.807) is 6.92 Å². The summed E-state index contributed by atoms with van der Waals surface area (Å²) >= 11 is 1.19. The van der Waals surface area contributed by atoms with Gasteiger partial charge < -0.3 is 15.5 Å². The molecule has 112 valence electrons. The number of benzene rings is 1. The third-order valence-electron chi connectivity index (χ3n) is 2.81. The zero-order valence-electron chi connectivity index (χ0n) is 12.0. The molecule has 1 atom stereocenters. The zero-order valence-corrected chi connectivity index (χ0v) is 12.8. The molecule has 2 aromatic rings. The maximum Gasteiger partial charge on any atom is 0.277 e. The van der Waals surface area contributed by atoms with E-state index in [4.69, 9.17) is 10.2 Å². The van der Waals surface area contributed by atoms with Crippen LogP contribution in [0.25, 0.3) is 0 Å². The number of nitrogens with one attached hydrogen (secondary N) is 1. The van der Waals surface area contributed by atoms with Crippen molar-refractivity contribution in [3.63, 3.8) is 0 Å². The Bertz CT molecular complexity index is 613. The third kappa shape index (κ3) is 4.30. The number of aryl methyl sites for hydroxylation is 1. The van der Waals surface area contributed by atoms with Crippen LogP contribution in [0.2, 0.25) is 0 Å². The molecule has 6 nitrogen and oxygen atoms in total. The van der Waals surface area contributed by atoms with Gasteiger partial charge in [-0.2, -0.15) is 0 Å². The van der Waals surface area contributed by atoms with Crippen LogP contribution in [0.5, 0.6) is 0 Å². The number of hydrogen-bond acceptors (Lipinski definition) is 6. The summed E-state index contributed by atoms with van der Waals surface area (Å²) in [6, 6.07) is 7.43. The molecule has 1 heterocycles. The Hall–Kier alpha value is -1.86. The molecular formula is C14H18N4O2S. The molecular weight excluding hydrogens is 288 g/mol. The molecule has 7 heteroatoms. The Morgan fingerprint density at radius 2 is 2.19 bits per heavy atom. The highest BCUT2D eigenvalue weighted by Crippen LogP contribution is 2.20. The van der Waals surface area contributed by atoms with Gasteiger partial charge in [-0.15, -0.1) is 10.2 Å². The zero-order chi connectivity index (χ0) is 15.2. The fraction of sp³-hybridized carbons (Fsp3) is 0.357. The molecule has 0 spiro atoms. The first kappa shape index (κ1) is 15.5. The lowest BCUT2D eigenvalue weighted by Gasteiger charge is -2.08. The standard InChI is InChI=1S/C14H18N4O2S/c1-3-10-6-4-5-7-11(10)16-12(19)8-21-14-18-17-13(20-14)9(2)15/h4-7,9H,3,8,15H2,1-2H3,(H,16,19). The van der Waals surface area contributed by atoms with Gasteiger partial charge in [-0.1, -0.05) is 36.9 Å². The summed E-state index contributed by atoms with van der Waals surface area (Å²) in [5, 5.41) is 10.9. The van der Waals surface area contributed by atoms with Gasteiger partial charge in [0.25, 0.3) is 5.22 Å². The van der Waals surface area contributed by atoms with Crippen LogP contribution in [0, 0.1) is 0 Å². The fourth-order valence-corrected chi connectivity index (χ4v) is 2.30. The second-order valence-electron chi connectivity index (χ2n) is 4.54. The molecule has 0 aliphatic carbocycles. The minimum absolute atomic E-state index is 0.110. The summed E-state index contributed by atoms with van der Waals surface area (Å²) in [5.41, 5.74) is 7.58. The molecule has 1 aromatic carbocycles. The average molecular weight is 306 g/mol. The first-order valence-electron chi connectivity index (χ1n) is 6.69. The van der Waals surface area contributed by atoms with Crippen LogP contribution in [-0.4, -0.2) is 21.9 Å². The molecule has 3 N–H and O–H groups in total. The molecule has 2 rings (SSSR count). The number of anilines is 1. The van der Waals surface area contributed by atoms with Gasteiger partial charge in [-0.25, -0.2) is 0 Å². The van der Waals surface area contributed by atoms with E-state index in [-0.39, 0.29) is 17.7 Å². The summed E-state index contributed by atoms with van der Waals surface area (Å²) in [7, 11) is 0. The second-order valence-corrected chi connectivity index (χ2v) is 5.47. The van der Waals surface area contributed by atoms with E-state index in [0.29, 0.717) is 11.1 Å². The van der Waals surface area contributed by atoms with Crippen molar-refractivity contribution >= 4 is 23.4 Å². The average Bonchev–Trinajstić information content (AvgIpc) is 2.95. The van der Waals surface area contributed by atoms with Crippen molar-refractivity contribution in [3.8, 4) is 0 Å². The highest BCUT2D eigenvalue weighted by molar-refractivity contribution is 7.99. The third-order valence-corrected chi connectivity index (χ3v) is 3.63. The number of aromatic nitrogens is 2. The molecule has 21 heavy (non-hydrogen) atoms. The normalized spacial score (nSPS) is 12.1. The molecule has 0 aliphatic rings. The predicted molar refractivity (Wildman–Crippen MR) is 82.1 cm³/mol. The van der Waals surface area contributed by atoms with Crippen molar-refractivity contribution in [2.24, 2.45) is 5.73 Å². The maximum atomic E-state index is 11.9. The van der Waals surface area contributed by atoms with Crippen LogP contribution in [0.4, 0.5) is 5.69 Å². The van der Waals surface area contributed by atoms with Crippen molar-refractivity contribution < 1.29 is 9.21 Å². The van der Waals surface area contributed by atoms with Crippen LogP contribution in [0.1, 0.15) is 31.3 Å². The molecule has 0 radical (unpaired) electrons. The Kier molecular flexibility index (Phi) is 5.35. The summed E-state index contributed by atoms with van der Waals surface area (Å²) < 4.78 is 5.33. The van der Waals surface area contributed by atoms with E-state index in [1.807, 2.05) is 31.2 Å². The predicted octanol–water partition coefficient (Wildman–Crippen LogP) is 2.38. The molecule has 1 amide bonds. The molecule has 0 bridgehead atoms. The van der Waals surface area contributed by atoms with Crippen LogP contribution in [-0.2, 0) is 11.2 Å². The van der Waals surface area contributed by atoms with E-state index in [0.717, 1.165) is 17.7 Å². The Balaban J connectivity index is 1.89. The van der Waals surface area contributed by atoms with Crippen molar-refractivity contribution in [1.82, 2.24) is 10.2 Å². The highest BCUT2D eigenvalue weighted by atomic mass is 32.2. The highest BCUT2D eigenvalue weighted by Gasteiger charge is 2.12. The van der Waals surface area contributed by atoms with Crippen molar-refractivity contribution in [1.29, 1.82) is 0 Å². The molecule has 0 aliphatic heterocycles. The van der Waals surface area contributed by atoms with Crippen LogP contribution in [0.15, 0.2) is 33.9 Å². The smallest absolute Gasteiger partial charge is 0.277 e. The number of para-hydroxylation sites is 1. The minimum atomic E-state index is -0.308. The van der Waals surface area contributed by atoms with Crippen LogP contribution < -0.4 is 11.1 Å². The van der Waals surface area contributed by atoms with Gasteiger partial charge in [0.1, 0.15) is 0 Å². The van der Waals surface area contributed by atoms with E-state index in [2.05, 4.69) is 15.5 Å². The number of hydrogen-bond donors (Lipinski definition) is 2. The van der Waals surface area contributed by atoms with E-state index >= 15 is 0 Å². The summed E-state index contributed by atoms with van der Waals surface area (Å²) in [4.78, 5) is 11.9. The quantitative estimate of drug-likeness (QED) is 0.796. The van der Waals surface area contributed by atoms with Gasteiger partial charge in [-0.05, 0) is 25.0 Å². The van der Waals surface area contributed by atoms with Crippen LogP contribution in [0.3, 0.4) is 0 Å². The second kappa shape index (κ2) is 7.24. The van der Waals surface area contributed by atoms with Crippen molar-refractivity contribution in [2.45, 2.75) is 31.5 Å². The molecule has 0 saturated heterocycles. The SMILES string of the molecule is CCc1ccccc1NC(=O)CSc1nnc(C(C)N)o1. The van der Waals surface area contributed by atoms with Gasteiger partial charge >= 0.3 is 0 Å². The Morgan fingerprint density at radius 1 is 1.43 bits per heavy atom.